The highest BCUT2D eigenvalue weighted by atomic mass is 32.1. The summed E-state index contributed by atoms with van der Waals surface area (Å²) in [6, 6.07) is 21.0. The topological polar surface area (TPSA) is 41.6 Å². The third-order valence-electron chi connectivity index (χ3n) is 4.76. The summed E-state index contributed by atoms with van der Waals surface area (Å²) < 4.78 is 5.91. The van der Waals surface area contributed by atoms with Crippen molar-refractivity contribution in [1.82, 2.24) is 4.90 Å². The lowest BCUT2D eigenvalue weighted by molar-refractivity contribution is 0.102. The summed E-state index contributed by atoms with van der Waals surface area (Å²) >= 11 is 5.53. The van der Waals surface area contributed by atoms with E-state index in [-0.39, 0.29) is 5.91 Å². The van der Waals surface area contributed by atoms with E-state index in [2.05, 4.69) is 37.9 Å². The monoisotopic (exact) mass is 434 g/mol. The molecule has 0 radical (unpaired) electrons. The third-order valence-corrected chi connectivity index (χ3v) is 5.10. The Hall–Kier alpha value is -2.92. The van der Waals surface area contributed by atoms with Crippen LogP contribution in [0.1, 0.15) is 38.1 Å². The highest BCUT2D eigenvalue weighted by Crippen LogP contribution is 2.20. The number of fused-ring (bicyclic) bond motifs is 1. The summed E-state index contributed by atoms with van der Waals surface area (Å²) in [7, 11) is 0. The lowest BCUT2D eigenvalue weighted by Crippen LogP contribution is -2.38. The molecule has 4 nitrogen and oxygen atoms in total. The van der Waals surface area contributed by atoms with Gasteiger partial charge in [0, 0.05) is 24.3 Å². The molecule has 0 heterocycles. The molecule has 0 saturated carbocycles. The Morgan fingerprint density at radius 3 is 2.13 bits per heavy atom. The highest BCUT2D eigenvalue weighted by Gasteiger charge is 2.15. The van der Waals surface area contributed by atoms with Crippen molar-refractivity contribution in [1.29, 1.82) is 0 Å². The van der Waals surface area contributed by atoms with Crippen molar-refractivity contribution in [3.8, 4) is 5.75 Å². The molecule has 31 heavy (non-hydrogen) atoms. The van der Waals surface area contributed by atoms with Crippen molar-refractivity contribution >= 4 is 39.8 Å². The molecule has 5 heteroatoms. The van der Waals surface area contributed by atoms with E-state index in [0.717, 1.165) is 29.5 Å². The van der Waals surface area contributed by atoms with Crippen LogP contribution in [0.2, 0.25) is 0 Å². The van der Waals surface area contributed by atoms with Crippen LogP contribution in [0.5, 0.6) is 5.75 Å². The minimum atomic E-state index is -0.161. The first-order chi connectivity index (χ1) is 14.8. The van der Waals surface area contributed by atoms with E-state index < -0.39 is 0 Å². The maximum Gasteiger partial charge on any atom is 0.264 e. The van der Waals surface area contributed by atoms with Crippen LogP contribution in [0, 0.1) is 11.8 Å². The normalized spacial score (nSPS) is 11.0. The van der Waals surface area contributed by atoms with E-state index in [1.807, 2.05) is 42.5 Å². The standard InChI is InChI=1S/C26H30N2O2S/c1-18(2)16-28(17-19(3)4)26(31)30-24-13-10-21(11-14-24)25(29)27-23-12-9-20-7-5-6-8-22(20)15-23/h5-15,18-19H,16-17H2,1-4H3,(H,27,29). The van der Waals surface area contributed by atoms with Gasteiger partial charge in [-0.05, 0) is 71.2 Å². The van der Waals surface area contributed by atoms with Crippen LogP contribution in [0.3, 0.4) is 0 Å². The van der Waals surface area contributed by atoms with Gasteiger partial charge < -0.3 is 15.0 Å². The number of anilines is 1. The number of thiocarbonyl (C=S) groups is 1. The van der Waals surface area contributed by atoms with Crippen molar-refractivity contribution < 1.29 is 9.53 Å². The minimum absolute atomic E-state index is 0.161. The van der Waals surface area contributed by atoms with Gasteiger partial charge in [0.05, 0.1) is 0 Å². The molecular formula is C26H30N2O2S. The van der Waals surface area contributed by atoms with E-state index in [9.17, 15) is 4.79 Å². The second kappa shape index (κ2) is 10.4. The van der Waals surface area contributed by atoms with Crippen LogP contribution in [-0.4, -0.2) is 29.1 Å². The average Bonchev–Trinajstić information content (AvgIpc) is 2.73. The first-order valence-electron chi connectivity index (χ1n) is 10.7. The summed E-state index contributed by atoms with van der Waals surface area (Å²) in [5.41, 5.74) is 1.33. The van der Waals surface area contributed by atoms with Gasteiger partial charge >= 0.3 is 0 Å². The van der Waals surface area contributed by atoms with Crippen LogP contribution >= 0.6 is 12.2 Å². The fraction of sp³-hybridized carbons (Fsp3) is 0.308. The SMILES string of the molecule is CC(C)CN(CC(C)C)C(=S)Oc1ccc(C(=O)Nc2ccc3ccccc3c2)cc1. The number of ether oxygens (including phenoxy) is 1. The van der Waals surface area contributed by atoms with Crippen LogP contribution in [0.25, 0.3) is 10.8 Å². The quantitative estimate of drug-likeness (QED) is 0.439. The van der Waals surface area contributed by atoms with E-state index in [1.165, 1.54) is 0 Å². The molecule has 0 saturated heterocycles. The largest absolute Gasteiger partial charge is 0.432 e. The van der Waals surface area contributed by atoms with Crippen molar-refractivity contribution in [2.75, 3.05) is 18.4 Å². The second-order valence-electron chi connectivity index (χ2n) is 8.60. The molecule has 1 amide bonds. The van der Waals surface area contributed by atoms with Gasteiger partial charge in [-0.15, -0.1) is 0 Å². The Bertz CT molecular complexity index is 1030. The van der Waals surface area contributed by atoms with Crippen LogP contribution < -0.4 is 10.1 Å². The first kappa shape index (κ1) is 22.8. The van der Waals surface area contributed by atoms with Crippen molar-refractivity contribution in [3.63, 3.8) is 0 Å². The number of nitrogens with zero attached hydrogens (tertiary/aromatic N) is 1. The second-order valence-corrected chi connectivity index (χ2v) is 8.95. The summed E-state index contributed by atoms with van der Waals surface area (Å²) in [5.74, 6) is 1.44. The minimum Gasteiger partial charge on any atom is -0.432 e. The smallest absolute Gasteiger partial charge is 0.264 e. The number of hydrogen-bond acceptors (Lipinski definition) is 3. The molecule has 0 aromatic heterocycles. The van der Waals surface area contributed by atoms with Gasteiger partial charge in [-0.1, -0.05) is 58.0 Å². The van der Waals surface area contributed by atoms with Gasteiger partial charge in [0.1, 0.15) is 5.75 Å². The molecule has 0 atom stereocenters. The lowest BCUT2D eigenvalue weighted by atomic mass is 10.1. The van der Waals surface area contributed by atoms with Gasteiger partial charge in [0.25, 0.3) is 11.1 Å². The fourth-order valence-corrected chi connectivity index (χ4v) is 3.66. The number of amides is 1. The molecular weight excluding hydrogens is 404 g/mol. The molecule has 0 bridgehead atoms. The Morgan fingerprint density at radius 2 is 1.52 bits per heavy atom. The molecule has 3 rings (SSSR count). The van der Waals surface area contributed by atoms with Crippen LogP contribution in [-0.2, 0) is 0 Å². The van der Waals surface area contributed by atoms with Crippen LogP contribution in [0.4, 0.5) is 5.69 Å². The molecule has 0 aliphatic heterocycles. The molecule has 0 spiro atoms. The molecule has 0 aliphatic rings. The number of hydrogen-bond donors (Lipinski definition) is 1. The predicted molar refractivity (Wildman–Crippen MR) is 133 cm³/mol. The molecule has 0 fully saturated rings. The molecule has 3 aromatic carbocycles. The third kappa shape index (κ3) is 6.53. The molecule has 0 aliphatic carbocycles. The zero-order chi connectivity index (χ0) is 22.4. The molecule has 3 aromatic rings. The van der Waals surface area contributed by atoms with Gasteiger partial charge in [0.15, 0.2) is 0 Å². The maximum atomic E-state index is 12.6. The number of carbonyl (C=O) groups excluding carboxylic acids is 1. The van der Waals surface area contributed by atoms with E-state index in [0.29, 0.717) is 28.3 Å². The highest BCUT2D eigenvalue weighted by molar-refractivity contribution is 7.80. The zero-order valence-electron chi connectivity index (χ0n) is 18.6. The number of benzene rings is 3. The Balaban J connectivity index is 1.64. The summed E-state index contributed by atoms with van der Waals surface area (Å²) in [6.45, 7) is 10.4. The zero-order valence-corrected chi connectivity index (χ0v) is 19.4. The average molecular weight is 435 g/mol. The molecule has 1 N–H and O–H groups in total. The van der Waals surface area contributed by atoms with Crippen molar-refractivity contribution in [2.24, 2.45) is 11.8 Å². The lowest BCUT2D eigenvalue weighted by Gasteiger charge is -2.28. The Morgan fingerprint density at radius 1 is 0.903 bits per heavy atom. The van der Waals surface area contributed by atoms with E-state index in [4.69, 9.17) is 17.0 Å². The van der Waals surface area contributed by atoms with E-state index in [1.54, 1.807) is 24.3 Å². The van der Waals surface area contributed by atoms with Gasteiger partial charge in [-0.2, -0.15) is 0 Å². The fourth-order valence-electron chi connectivity index (χ4n) is 3.42. The Kier molecular flexibility index (Phi) is 7.64. The van der Waals surface area contributed by atoms with Gasteiger partial charge in [-0.3, -0.25) is 4.79 Å². The predicted octanol–water partition coefficient (Wildman–Crippen LogP) is 6.37. The number of rotatable bonds is 7. The first-order valence-corrected chi connectivity index (χ1v) is 11.1. The van der Waals surface area contributed by atoms with Crippen molar-refractivity contribution in [3.05, 3.63) is 72.3 Å². The van der Waals surface area contributed by atoms with Gasteiger partial charge in [0.2, 0.25) is 0 Å². The van der Waals surface area contributed by atoms with Crippen molar-refractivity contribution in [2.45, 2.75) is 27.7 Å². The van der Waals surface area contributed by atoms with Gasteiger partial charge in [-0.25, -0.2) is 0 Å². The Labute approximate surface area is 190 Å². The van der Waals surface area contributed by atoms with E-state index >= 15 is 0 Å². The summed E-state index contributed by atoms with van der Waals surface area (Å²) in [5, 5.41) is 5.66. The molecule has 0 unspecified atom stereocenters. The number of nitrogens with one attached hydrogen (secondary N) is 1. The number of carbonyl (C=O) groups is 1. The molecule has 162 valence electrons. The summed E-state index contributed by atoms with van der Waals surface area (Å²) in [6.07, 6.45) is 0. The maximum absolute atomic E-state index is 12.6. The van der Waals surface area contributed by atoms with Crippen LogP contribution in [0.15, 0.2) is 66.7 Å². The summed E-state index contributed by atoms with van der Waals surface area (Å²) in [4.78, 5) is 14.8.